The lowest BCUT2D eigenvalue weighted by Gasteiger charge is -2.39. The molecule has 2 aromatic carbocycles. The average Bonchev–Trinajstić information content (AvgIpc) is 3.59. The van der Waals surface area contributed by atoms with E-state index in [-0.39, 0.29) is 19.6 Å². The van der Waals surface area contributed by atoms with E-state index in [1.165, 1.54) is 11.9 Å². The van der Waals surface area contributed by atoms with Gasteiger partial charge in [-0.3, -0.25) is 24.1 Å². The van der Waals surface area contributed by atoms with Crippen molar-refractivity contribution in [2.45, 2.75) is 84.7 Å². The molecule has 46 heavy (non-hydrogen) atoms. The summed E-state index contributed by atoms with van der Waals surface area (Å²) in [6, 6.07) is 17.2. The Hall–Kier alpha value is -4.47. The molecule has 2 atom stereocenters. The van der Waals surface area contributed by atoms with Gasteiger partial charge in [-0.1, -0.05) is 72.3 Å². The minimum absolute atomic E-state index is 0.0250. The van der Waals surface area contributed by atoms with Crippen LogP contribution in [0.2, 0.25) is 0 Å². The fraction of sp³-hybridized carbons (Fsp3) is 0.472. The van der Waals surface area contributed by atoms with Gasteiger partial charge in [0.1, 0.15) is 24.4 Å². The van der Waals surface area contributed by atoms with Gasteiger partial charge in [-0.2, -0.15) is 0 Å². The smallest absolute Gasteiger partial charge is 0.327 e. The van der Waals surface area contributed by atoms with E-state index in [4.69, 9.17) is 14.2 Å². The van der Waals surface area contributed by atoms with E-state index in [1.54, 1.807) is 83.1 Å². The number of nitrogens with zero attached hydrogens (tertiary/aromatic N) is 2. The van der Waals surface area contributed by atoms with Crippen molar-refractivity contribution in [2.75, 3.05) is 13.6 Å². The summed E-state index contributed by atoms with van der Waals surface area (Å²) in [7, 11) is 1.47. The fourth-order valence-electron chi connectivity index (χ4n) is 5.67. The number of esters is 3. The van der Waals surface area contributed by atoms with Gasteiger partial charge < -0.3 is 19.1 Å². The monoisotopic (exact) mass is 632 g/mol. The lowest BCUT2D eigenvalue weighted by atomic mass is 9.71. The van der Waals surface area contributed by atoms with Crippen LogP contribution in [-0.4, -0.2) is 64.4 Å². The molecule has 10 heteroatoms. The number of hydrogen-bond donors (Lipinski definition) is 0. The highest BCUT2D eigenvalue weighted by molar-refractivity contribution is 6.09. The second-order valence-corrected chi connectivity index (χ2v) is 13.4. The van der Waals surface area contributed by atoms with E-state index in [0.29, 0.717) is 17.5 Å². The van der Waals surface area contributed by atoms with Crippen LogP contribution in [0.5, 0.6) is 0 Å². The van der Waals surface area contributed by atoms with Gasteiger partial charge in [0.05, 0.1) is 12.5 Å². The minimum atomic E-state index is -2.45. The standard InChI is InChI=1S/C36H44N2O8/c1-34(2,3)46-32(42)36(31(41)45-23-27-19-11-8-12-20-27,24-38-30(40)35(4,5)37(6)33(38)43)28(21-25-15-13-14-16-25)29(39)44-22-26-17-9-7-10-18-26/h7-12,15,17-20,28H,13-14,16,21-24H2,1-6H3/t28-,36?/m0/s1. The number of rotatable bonds is 12. The second kappa shape index (κ2) is 13.9. The maximum absolute atomic E-state index is 14.6. The first kappa shape index (κ1) is 34.4. The van der Waals surface area contributed by atoms with E-state index in [2.05, 4.69) is 0 Å². The summed E-state index contributed by atoms with van der Waals surface area (Å²) in [5.74, 6) is -5.11. The van der Waals surface area contributed by atoms with Gasteiger partial charge in [-0.05, 0) is 71.4 Å². The zero-order valence-corrected chi connectivity index (χ0v) is 27.5. The van der Waals surface area contributed by atoms with Crippen LogP contribution in [0.4, 0.5) is 4.79 Å². The van der Waals surface area contributed by atoms with Crippen LogP contribution < -0.4 is 0 Å². The Bertz CT molecular complexity index is 1480. The molecule has 0 saturated carbocycles. The largest absolute Gasteiger partial charge is 0.461 e. The number of ether oxygens (including phenoxy) is 3. The van der Waals surface area contributed by atoms with Crippen molar-refractivity contribution in [1.82, 2.24) is 9.80 Å². The lowest BCUT2D eigenvalue weighted by molar-refractivity contribution is -0.192. The van der Waals surface area contributed by atoms with Gasteiger partial charge in [0.25, 0.3) is 5.91 Å². The summed E-state index contributed by atoms with van der Waals surface area (Å²) < 4.78 is 17.5. The fourth-order valence-corrected chi connectivity index (χ4v) is 5.67. The van der Waals surface area contributed by atoms with E-state index < -0.39 is 58.9 Å². The van der Waals surface area contributed by atoms with Crippen molar-refractivity contribution in [1.29, 1.82) is 0 Å². The highest BCUT2D eigenvalue weighted by Crippen LogP contribution is 2.43. The summed E-state index contributed by atoms with van der Waals surface area (Å²) in [4.78, 5) is 72.8. The topological polar surface area (TPSA) is 120 Å². The molecule has 0 aromatic heterocycles. The van der Waals surface area contributed by atoms with Crippen molar-refractivity contribution >= 4 is 29.8 Å². The van der Waals surface area contributed by atoms with Crippen LogP contribution in [0.15, 0.2) is 72.3 Å². The predicted molar refractivity (Wildman–Crippen MR) is 170 cm³/mol. The summed E-state index contributed by atoms with van der Waals surface area (Å²) in [6.07, 6.45) is 4.24. The number of carbonyl (C=O) groups excluding carboxylic acids is 5. The molecule has 1 saturated heterocycles. The van der Waals surface area contributed by atoms with Crippen molar-refractivity contribution in [3.05, 3.63) is 83.4 Å². The molecule has 2 aromatic rings. The van der Waals surface area contributed by atoms with Crippen molar-refractivity contribution in [3.63, 3.8) is 0 Å². The number of benzene rings is 2. The lowest BCUT2D eigenvalue weighted by Crippen LogP contribution is -2.59. The third-order valence-corrected chi connectivity index (χ3v) is 8.58. The van der Waals surface area contributed by atoms with Gasteiger partial charge >= 0.3 is 23.9 Å². The van der Waals surface area contributed by atoms with Crippen molar-refractivity contribution in [3.8, 4) is 0 Å². The molecular weight excluding hydrogens is 588 g/mol. The Kier molecular flexibility index (Phi) is 10.4. The summed E-state index contributed by atoms with van der Waals surface area (Å²) in [5.41, 5.74) is -2.60. The Morgan fingerprint density at radius 3 is 1.91 bits per heavy atom. The number of likely N-dealkylation sites (N-methyl/N-ethyl adjacent to an activating group) is 1. The molecule has 0 radical (unpaired) electrons. The predicted octanol–water partition coefficient (Wildman–Crippen LogP) is 5.59. The molecule has 2 aliphatic rings. The van der Waals surface area contributed by atoms with Crippen LogP contribution in [0.3, 0.4) is 0 Å². The quantitative estimate of drug-likeness (QED) is 0.0977. The average molecular weight is 633 g/mol. The molecule has 246 valence electrons. The zero-order valence-electron chi connectivity index (χ0n) is 27.5. The van der Waals surface area contributed by atoms with E-state index in [0.717, 1.165) is 23.3 Å². The third kappa shape index (κ3) is 7.49. The van der Waals surface area contributed by atoms with E-state index in [1.807, 2.05) is 18.2 Å². The maximum Gasteiger partial charge on any atom is 0.327 e. The first-order chi connectivity index (χ1) is 21.7. The van der Waals surface area contributed by atoms with Crippen LogP contribution in [0.25, 0.3) is 0 Å². The molecule has 1 aliphatic carbocycles. The third-order valence-electron chi connectivity index (χ3n) is 8.58. The molecule has 1 aliphatic heterocycles. The first-order valence-corrected chi connectivity index (χ1v) is 15.6. The Morgan fingerprint density at radius 2 is 1.43 bits per heavy atom. The SMILES string of the molecule is CN1C(=O)N(CC(C(=O)OCc2ccccc2)(C(=O)OC(C)(C)C)[C@@H](CC2=CCCC2)C(=O)OCc2ccccc2)C(=O)C1(C)C. The van der Waals surface area contributed by atoms with Gasteiger partial charge in [-0.15, -0.1) is 0 Å². The highest BCUT2D eigenvalue weighted by atomic mass is 16.6. The Labute approximate surface area is 270 Å². The second-order valence-electron chi connectivity index (χ2n) is 13.4. The molecule has 1 heterocycles. The van der Waals surface area contributed by atoms with Crippen LogP contribution in [-0.2, 0) is 46.6 Å². The van der Waals surface area contributed by atoms with Gasteiger partial charge in [0.2, 0.25) is 0 Å². The number of hydrogen-bond acceptors (Lipinski definition) is 8. The molecule has 1 unspecified atom stereocenters. The van der Waals surface area contributed by atoms with Crippen molar-refractivity contribution < 1.29 is 38.2 Å². The molecular formula is C36H44N2O8. The molecule has 0 spiro atoms. The van der Waals surface area contributed by atoms with Crippen LogP contribution in [0, 0.1) is 11.3 Å². The van der Waals surface area contributed by atoms with E-state index in [9.17, 15) is 24.0 Å². The summed E-state index contributed by atoms with van der Waals surface area (Å²) in [6.45, 7) is 6.96. The number of amides is 3. The summed E-state index contributed by atoms with van der Waals surface area (Å²) in [5, 5.41) is 0. The minimum Gasteiger partial charge on any atom is -0.461 e. The van der Waals surface area contributed by atoms with Gasteiger partial charge in [0, 0.05) is 7.05 Å². The molecule has 0 N–H and O–H groups in total. The normalized spacial score (nSPS) is 18.1. The number of urea groups is 1. The van der Waals surface area contributed by atoms with Crippen LogP contribution in [0.1, 0.15) is 71.4 Å². The number of carbonyl (C=O) groups is 5. The molecule has 1 fully saturated rings. The van der Waals surface area contributed by atoms with Gasteiger partial charge in [0.15, 0.2) is 5.41 Å². The van der Waals surface area contributed by atoms with Crippen LogP contribution >= 0.6 is 0 Å². The zero-order chi connectivity index (χ0) is 33.7. The maximum atomic E-state index is 14.6. The number of allylic oxidation sites excluding steroid dienone is 2. The number of imide groups is 1. The molecule has 0 bridgehead atoms. The first-order valence-electron chi connectivity index (χ1n) is 15.6. The van der Waals surface area contributed by atoms with Gasteiger partial charge in [-0.25, -0.2) is 4.79 Å². The molecule has 4 rings (SSSR count). The van der Waals surface area contributed by atoms with Crippen molar-refractivity contribution in [2.24, 2.45) is 11.3 Å². The Balaban J connectivity index is 1.87. The Morgan fingerprint density at radius 1 is 0.870 bits per heavy atom. The highest BCUT2D eigenvalue weighted by Gasteiger charge is 2.63. The van der Waals surface area contributed by atoms with E-state index >= 15 is 0 Å². The molecule has 3 amide bonds. The summed E-state index contributed by atoms with van der Waals surface area (Å²) >= 11 is 0. The molecule has 10 nitrogen and oxygen atoms in total.